The Hall–Kier alpha value is -4.14. The van der Waals surface area contributed by atoms with Crippen LogP contribution in [0.15, 0.2) is 54.7 Å². The van der Waals surface area contributed by atoms with Crippen molar-refractivity contribution in [1.82, 2.24) is 20.4 Å². The maximum absolute atomic E-state index is 12.8. The second-order valence-corrected chi connectivity index (χ2v) is 8.65. The Morgan fingerprint density at radius 3 is 2.29 bits per heavy atom. The summed E-state index contributed by atoms with van der Waals surface area (Å²) in [6.45, 7) is 0.152. The minimum atomic E-state index is -1.12. The van der Waals surface area contributed by atoms with Crippen molar-refractivity contribution in [1.29, 1.82) is 0 Å². The van der Waals surface area contributed by atoms with Crippen molar-refractivity contribution in [2.45, 2.75) is 30.8 Å². The SMILES string of the molecule is Cn1ncc(C(=O)O)c1CNC(=O)C1(NC(=O)OCC2c3ccccc3-c3ccccc32)CC1. The van der Waals surface area contributed by atoms with Gasteiger partial charge in [0.15, 0.2) is 0 Å². The Morgan fingerprint density at radius 1 is 1.09 bits per heavy atom. The molecule has 0 aliphatic heterocycles. The molecule has 0 bridgehead atoms. The molecule has 5 rings (SSSR count). The van der Waals surface area contributed by atoms with Crippen LogP contribution in [0.5, 0.6) is 0 Å². The van der Waals surface area contributed by atoms with E-state index in [1.165, 1.54) is 10.9 Å². The molecule has 0 atom stereocenters. The van der Waals surface area contributed by atoms with Gasteiger partial charge in [0, 0.05) is 13.0 Å². The quantitative estimate of drug-likeness (QED) is 0.498. The first-order chi connectivity index (χ1) is 16.4. The van der Waals surface area contributed by atoms with Gasteiger partial charge in [0.2, 0.25) is 5.91 Å². The number of aromatic carboxylic acids is 1. The zero-order chi connectivity index (χ0) is 23.9. The van der Waals surface area contributed by atoms with Gasteiger partial charge in [0.05, 0.1) is 18.4 Å². The zero-order valence-corrected chi connectivity index (χ0v) is 18.6. The second-order valence-electron chi connectivity index (χ2n) is 8.65. The molecular formula is C25H24N4O5. The molecule has 1 fully saturated rings. The number of carboxylic acids is 1. The van der Waals surface area contributed by atoms with E-state index in [0.717, 1.165) is 22.3 Å². The molecule has 1 aromatic heterocycles. The monoisotopic (exact) mass is 460 g/mol. The first kappa shape index (κ1) is 21.7. The van der Waals surface area contributed by atoms with E-state index in [9.17, 15) is 19.5 Å². The fraction of sp³-hybridized carbons (Fsp3) is 0.280. The molecule has 34 heavy (non-hydrogen) atoms. The van der Waals surface area contributed by atoms with E-state index < -0.39 is 17.6 Å². The topological polar surface area (TPSA) is 123 Å². The summed E-state index contributed by atoms with van der Waals surface area (Å²) in [7, 11) is 1.61. The molecule has 2 aliphatic rings. The van der Waals surface area contributed by atoms with Crippen molar-refractivity contribution in [2.75, 3.05) is 6.61 Å². The summed E-state index contributed by atoms with van der Waals surface area (Å²) in [6, 6.07) is 16.1. The molecule has 0 spiro atoms. The lowest BCUT2D eigenvalue weighted by molar-refractivity contribution is -0.124. The van der Waals surface area contributed by atoms with Crippen LogP contribution >= 0.6 is 0 Å². The van der Waals surface area contributed by atoms with Gasteiger partial charge in [-0.05, 0) is 35.1 Å². The average molecular weight is 460 g/mol. The molecule has 9 heteroatoms. The third kappa shape index (κ3) is 3.79. The van der Waals surface area contributed by atoms with E-state index in [1.807, 2.05) is 36.4 Å². The number of fused-ring (bicyclic) bond motifs is 3. The lowest BCUT2D eigenvalue weighted by Crippen LogP contribution is -2.49. The number of rotatable bonds is 7. The lowest BCUT2D eigenvalue weighted by atomic mass is 9.98. The van der Waals surface area contributed by atoms with Crippen molar-refractivity contribution in [3.8, 4) is 11.1 Å². The number of alkyl carbamates (subject to hydrolysis) is 1. The predicted octanol–water partition coefficient (Wildman–Crippen LogP) is 2.81. The highest BCUT2D eigenvalue weighted by Crippen LogP contribution is 2.44. The van der Waals surface area contributed by atoms with Crippen molar-refractivity contribution in [3.63, 3.8) is 0 Å². The van der Waals surface area contributed by atoms with E-state index >= 15 is 0 Å². The number of benzene rings is 2. The smallest absolute Gasteiger partial charge is 0.408 e. The fourth-order valence-corrected chi connectivity index (χ4v) is 4.55. The average Bonchev–Trinajstić information content (AvgIpc) is 3.41. The Labute approximate surface area is 195 Å². The van der Waals surface area contributed by atoms with Gasteiger partial charge in [0.1, 0.15) is 17.7 Å². The number of hydrogen-bond donors (Lipinski definition) is 3. The van der Waals surface area contributed by atoms with Crippen molar-refractivity contribution < 1.29 is 24.2 Å². The van der Waals surface area contributed by atoms with E-state index in [2.05, 4.69) is 27.9 Å². The van der Waals surface area contributed by atoms with E-state index in [0.29, 0.717) is 18.5 Å². The van der Waals surface area contributed by atoms with Crippen LogP contribution in [0.25, 0.3) is 11.1 Å². The molecular weight excluding hydrogens is 436 g/mol. The van der Waals surface area contributed by atoms with Crippen LogP contribution in [0, 0.1) is 0 Å². The van der Waals surface area contributed by atoms with Crippen molar-refractivity contribution in [3.05, 3.63) is 77.1 Å². The molecule has 0 saturated heterocycles. The minimum absolute atomic E-state index is 0.00884. The Morgan fingerprint density at radius 2 is 1.71 bits per heavy atom. The Bertz CT molecular complexity index is 1250. The Kier molecular flexibility index (Phi) is 5.31. The van der Waals surface area contributed by atoms with E-state index in [-0.39, 0.29) is 30.5 Å². The number of carboxylic acid groups (broad SMARTS) is 1. The van der Waals surface area contributed by atoms with E-state index in [4.69, 9.17) is 4.74 Å². The van der Waals surface area contributed by atoms with Gasteiger partial charge >= 0.3 is 12.1 Å². The molecule has 0 unspecified atom stereocenters. The first-order valence-corrected chi connectivity index (χ1v) is 11.1. The van der Waals surface area contributed by atoms with Gasteiger partial charge in [0.25, 0.3) is 0 Å². The first-order valence-electron chi connectivity index (χ1n) is 11.1. The highest BCUT2D eigenvalue weighted by Gasteiger charge is 2.51. The third-order valence-corrected chi connectivity index (χ3v) is 6.58. The molecule has 2 aromatic carbocycles. The van der Waals surface area contributed by atoms with Gasteiger partial charge < -0.3 is 20.5 Å². The summed E-state index contributed by atoms with van der Waals surface area (Å²) in [4.78, 5) is 36.7. The van der Waals surface area contributed by atoms with Gasteiger partial charge in [-0.25, -0.2) is 9.59 Å². The number of ether oxygens (including phenoxy) is 1. The van der Waals surface area contributed by atoms with Crippen LogP contribution in [-0.2, 0) is 23.1 Å². The van der Waals surface area contributed by atoms with Crippen LogP contribution in [0.2, 0.25) is 0 Å². The molecule has 9 nitrogen and oxygen atoms in total. The summed E-state index contributed by atoms with van der Waals surface area (Å²) < 4.78 is 6.97. The highest BCUT2D eigenvalue weighted by atomic mass is 16.5. The number of nitrogens with zero attached hydrogens (tertiary/aromatic N) is 2. The maximum Gasteiger partial charge on any atom is 0.408 e. The van der Waals surface area contributed by atoms with Gasteiger partial charge in [-0.3, -0.25) is 9.48 Å². The van der Waals surface area contributed by atoms with Crippen LogP contribution in [0.1, 0.15) is 45.9 Å². The number of amides is 2. The summed E-state index contributed by atoms with van der Waals surface area (Å²) >= 11 is 0. The van der Waals surface area contributed by atoms with Crippen LogP contribution in [-0.4, -0.2) is 45.0 Å². The molecule has 1 heterocycles. The molecule has 174 valence electrons. The molecule has 1 saturated carbocycles. The van der Waals surface area contributed by atoms with Crippen LogP contribution in [0.3, 0.4) is 0 Å². The van der Waals surface area contributed by atoms with Crippen LogP contribution < -0.4 is 10.6 Å². The number of aromatic nitrogens is 2. The summed E-state index contributed by atoms with van der Waals surface area (Å²) in [6.07, 6.45) is 1.56. The largest absolute Gasteiger partial charge is 0.478 e. The van der Waals surface area contributed by atoms with Crippen molar-refractivity contribution >= 4 is 18.0 Å². The molecule has 3 aromatic rings. The minimum Gasteiger partial charge on any atom is -0.478 e. The third-order valence-electron chi connectivity index (χ3n) is 6.58. The van der Waals surface area contributed by atoms with Gasteiger partial charge in [-0.2, -0.15) is 5.10 Å². The molecule has 2 amide bonds. The standard InChI is InChI=1S/C25H24N4O5/c1-29-21(19(12-27-29)22(30)31)13-26-23(32)25(10-11-25)28-24(33)34-14-20-17-8-4-2-6-15(17)16-7-3-5-9-18(16)20/h2-9,12,20H,10-11,13-14H2,1H3,(H,26,32)(H,28,33)(H,30,31). The van der Waals surface area contributed by atoms with Crippen LogP contribution in [0.4, 0.5) is 4.79 Å². The number of hydrogen-bond acceptors (Lipinski definition) is 5. The zero-order valence-electron chi connectivity index (χ0n) is 18.6. The number of aryl methyl sites for hydroxylation is 1. The highest BCUT2D eigenvalue weighted by molar-refractivity contribution is 5.93. The number of nitrogens with one attached hydrogen (secondary N) is 2. The van der Waals surface area contributed by atoms with Crippen molar-refractivity contribution in [2.24, 2.45) is 7.05 Å². The number of carbonyl (C=O) groups is 3. The van der Waals surface area contributed by atoms with Gasteiger partial charge in [-0.15, -0.1) is 0 Å². The summed E-state index contributed by atoms with van der Waals surface area (Å²) in [5.41, 5.74) is 3.86. The number of carbonyl (C=O) groups excluding carboxylic acids is 2. The van der Waals surface area contributed by atoms with E-state index in [1.54, 1.807) is 7.05 Å². The molecule has 3 N–H and O–H groups in total. The maximum atomic E-state index is 12.8. The normalized spacial score (nSPS) is 15.2. The predicted molar refractivity (Wildman–Crippen MR) is 122 cm³/mol. The molecule has 2 aliphatic carbocycles. The molecule has 0 radical (unpaired) electrons. The fourth-order valence-electron chi connectivity index (χ4n) is 4.55. The second kappa shape index (κ2) is 8.33. The lowest BCUT2D eigenvalue weighted by Gasteiger charge is -2.19. The summed E-state index contributed by atoms with van der Waals surface area (Å²) in [5, 5.41) is 18.6. The summed E-state index contributed by atoms with van der Waals surface area (Å²) in [5.74, 6) is -1.56. The van der Waals surface area contributed by atoms with Gasteiger partial charge in [-0.1, -0.05) is 48.5 Å². The Balaban J connectivity index is 1.21.